The predicted octanol–water partition coefficient (Wildman–Crippen LogP) is 2.53. The Kier molecular flexibility index (Phi) is 2.20. The van der Waals surface area contributed by atoms with E-state index in [1.54, 1.807) is 10.8 Å². The number of anilines is 1. The molecule has 4 aromatic rings. The molecule has 0 atom stereocenters. The van der Waals surface area contributed by atoms with Crippen LogP contribution in [-0.2, 0) is 0 Å². The van der Waals surface area contributed by atoms with Gasteiger partial charge in [-0.2, -0.15) is 0 Å². The fourth-order valence-corrected chi connectivity index (χ4v) is 2.23. The quantitative estimate of drug-likeness (QED) is 0.534. The van der Waals surface area contributed by atoms with Gasteiger partial charge >= 0.3 is 0 Å². The third-order valence-electron chi connectivity index (χ3n) is 3.25. The molecule has 0 aliphatic rings. The lowest BCUT2D eigenvalue weighted by Crippen LogP contribution is -1.90. The molecule has 0 unspecified atom stereocenters. The zero-order chi connectivity index (χ0) is 13.5. The average molecular weight is 261 g/mol. The van der Waals surface area contributed by atoms with E-state index < -0.39 is 0 Å². The van der Waals surface area contributed by atoms with Crippen LogP contribution in [0, 0.1) is 0 Å². The van der Waals surface area contributed by atoms with Crippen LogP contribution < -0.4 is 5.73 Å². The molecule has 0 saturated carbocycles. The van der Waals surface area contributed by atoms with Crippen molar-refractivity contribution in [3.63, 3.8) is 0 Å². The standard InChI is InChI=1S/C15H11N5/c16-11-7-5-10(6-8-11)14-18-15-12-3-1-2-4-13(12)17-9-20(15)19-14/h1-9H,16H2. The highest BCUT2D eigenvalue weighted by Gasteiger charge is 2.09. The highest BCUT2D eigenvalue weighted by Crippen LogP contribution is 2.21. The summed E-state index contributed by atoms with van der Waals surface area (Å²) in [7, 11) is 0. The van der Waals surface area contributed by atoms with Crippen molar-refractivity contribution in [1.82, 2.24) is 19.6 Å². The first-order chi connectivity index (χ1) is 9.81. The molecule has 0 aliphatic heterocycles. The second kappa shape index (κ2) is 4.03. The summed E-state index contributed by atoms with van der Waals surface area (Å²) in [4.78, 5) is 8.98. The Bertz CT molecular complexity index is 909. The van der Waals surface area contributed by atoms with Gasteiger partial charge in [0.25, 0.3) is 0 Å². The molecule has 2 aromatic heterocycles. The van der Waals surface area contributed by atoms with E-state index in [1.807, 2.05) is 48.5 Å². The number of hydrogen-bond acceptors (Lipinski definition) is 4. The smallest absolute Gasteiger partial charge is 0.182 e. The molecule has 0 bridgehead atoms. The van der Waals surface area contributed by atoms with Crippen molar-refractivity contribution in [2.24, 2.45) is 0 Å². The van der Waals surface area contributed by atoms with Crippen molar-refractivity contribution in [3.05, 3.63) is 54.9 Å². The molecule has 96 valence electrons. The van der Waals surface area contributed by atoms with E-state index in [9.17, 15) is 0 Å². The van der Waals surface area contributed by atoms with Gasteiger partial charge in [0.05, 0.1) is 5.52 Å². The second-order valence-electron chi connectivity index (χ2n) is 4.59. The molecule has 2 aromatic carbocycles. The van der Waals surface area contributed by atoms with E-state index in [1.165, 1.54) is 0 Å². The van der Waals surface area contributed by atoms with Crippen LogP contribution in [0.5, 0.6) is 0 Å². The number of fused-ring (bicyclic) bond motifs is 3. The van der Waals surface area contributed by atoms with Gasteiger partial charge in [-0.1, -0.05) is 12.1 Å². The molecule has 0 aliphatic carbocycles. The van der Waals surface area contributed by atoms with Gasteiger partial charge in [-0.15, -0.1) is 5.10 Å². The fraction of sp³-hybridized carbons (Fsp3) is 0. The maximum absolute atomic E-state index is 5.70. The summed E-state index contributed by atoms with van der Waals surface area (Å²) in [5.74, 6) is 0.670. The van der Waals surface area contributed by atoms with Crippen LogP contribution in [-0.4, -0.2) is 19.6 Å². The highest BCUT2D eigenvalue weighted by molar-refractivity contribution is 5.91. The Hall–Kier alpha value is -2.95. The van der Waals surface area contributed by atoms with Crippen LogP contribution in [0.15, 0.2) is 54.9 Å². The number of rotatable bonds is 1. The first-order valence-corrected chi connectivity index (χ1v) is 6.27. The van der Waals surface area contributed by atoms with E-state index in [2.05, 4.69) is 15.1 Å². The van der Waals surface area contributed by atoms with E-state index in [0.29, 0.717) is 5.82 Å². The van der Waals surface area contributed by atoms with E-state index >= 15 is 0 Å². The number of nitrogens with zero attached hydrogens (tertiary/aromatic N) is 4. The molecule has 5 heteroatoms. The molecule has 0 saturated heterocycles. The molecule has 2 heterocycles. The van der Waals surface area contributed by atoms with Gasteiger partial charge in [0.2, 0.25) is 0 Å². The number of nitrogens with two attached hydrogens (primary N) is 1. The van der Waals surface area contributed by atoms with Crippen molar-refractivity contribution < 1.29 is 0 Å². The lowest BCUT2D eigenvalue weighted by atomic mass is 10.2. The number of aromatic nitrogens is 4. The van der Waals surface area contributed by atoms with Gasteiger partial charge in [-0.25, -0.2) is 14.5 Å². The van der Waals surface area contributed by atoms with Crippen LogP contribution in [0.3, 0.4) is 0 Å². The third kappa shape index (κ3) is 1.60. The van der Waals surface area contributed by atoms with Crippen molar-refractivity contribution in [1.29, 1.82) is 0 Å². The molecular formula is C15H11N5. The molecule has 2 N–H and O–H groups in total. The van der Waals surface area contributed by atoms with Crippen LogP contribution in [0.4, 0.5) is 5.69 Å². The third-order valence-corrected chi connectivity index (χ3v) is 3.25. The number of hydrogen-bond donors (Lipinski definition) is 1. The summed E-state index contributed by atoms with van der Waals surface area (Å²) in [6.07, 6.45) is 1.69. The van der Waals surface area contributed by atoms with Gasteiger partial charge in [0.1, 0.15) is 6.33 Å². The summed E-state index contributed by atoms with van der Waals surface area (Å²) < 4.78 is 1.70. The summed E-state index contributed by atoms with van der Waals surface area (Å²) in [6, 6.07) is 15.4. The summed E-state index contributed by atoms with van der Waals surface area (Å²) in [5.41, 5.74) is 9.08. The monoisotopic (exact) mass is 261 g/mol. The summed E-state index contributed by atoms with van der Waals surface area (Å²) >= 11 is 0. The normalized spacial score (nSPS) is 11.2. The van der Waals surface area contributed by atoms with Crippen LogP contribution in [0.2, 0.25) is 0 Å². The van der Waals surface area contributed by atoms with Crippen LogP contribution in [0.25, 0.3) is 27.9 Å². The predicted molar refractivity (Wildman–Crippen MR) is 78.1 cm³/mol. The van der Waals surface area contributed by atoms with Gasteiger partial charge in [-0.3, -0.25) is 0 Å². The van der Waals surface area contributed by atoms with E-state index in [-0.39, 0.29) is 0 Å². The first-order valence-electron chi connectivity index (χ1n) is 6.27. The summed E-state index contributed by atoms with van der Waals surface area (Å²) in [6.45, 7) is 0. The maximum Gasteiger partial charge on any atom is 0.182 e. The van der Waals surface area contributed by atoms with E-state index in [0.717, 1.165) is 27.8 Å². The Labute approximate surface area is 114 Å². The van der Waals surface area contributed by atoms with Crippen molar-refractivity contribution in [2.45, 2.75) is 0 Å². The molecule has 20 heavy (non-hydrogen) atoms. The molecule has 0 fully saturated rings. The number of para-hydroxylation sites is 1. The average Bonchev–Trinajstić information content (AvgIpc) is 2.92. The molecule has 0 amide bonds. The number of benzene rings is 2. The lowest BCUT2D eigenvalue weighted by molar-refractivity contribution is 0.938. The summed E-state index contributed by atoms with van der Waals surface area (Å²) in [5, 5.41) is 5.45. The molecular weight excluding hydrogens is 250 g/mol. The van der Waals surface area contributed by atoms with Crippen molar-refractivity contribution in [3.8, 4) is 11.4 Å². The fourth-order valence-electron chi connectivity index (χ4n) is 2.23. The second-order valence-corrected chi connectivity index (χ2v) is 4.59. The van der Waals surface area contributed by atoms with Gasteiger partial charge in [0.15, 0.2) is 11.5 Å². The zero-order valence-corrected chi connectivity index (χ0v) is 10.6. The zero-order valence-electron chi connectivity index (χ0n) is 10.6. The minimum atomic E-state index is 0.670. The van der Waals surface area contributed by atoms with Crippen LogP contribution in [0.1, 0.15) is 0 Å². The van der Waals surface area contributed by atoms with Gasteiger partial charge in [0, 0.05) is 16.6 Å². The van der Waals surface area contributed by atoms with E-state index in [4.69, 9.17) is 5.73 Å². The highest BCUT2D eigenvalue weighted by atomic mass is 15.3. The largest absolute Gasteiger partial charge is 0.399 e. The van der Waals surface area contributed by atoms with Crippen molar-refractivity contribution >= 4 is 22.2 Å². The molecule has 5 nitrogen and oxygen atoms in total. The minimum Gasteiger partial charge on any atom is -0.399 e. The lowest BCUT2D eigenvalue weighted by Gasteiger charge is -1.96. The maximum atomic E-state index is 5.70. The topological polar surface area (TPSA) is 69.1 Å². The van der Waals surface area contributed by atoms with Gasteiger partial charge < -0.3 is 5.73 Å². The van der Waals surface area contributed by atoms with Crippen LogP contribution >= 0.6 is 0 Å². The Balaban J connectivity index is 1.98. The molecule has 4 rings (SSSR count). The Morgan fingerprint density at radius 1 is 0.950 bits per heavy atom. The molecule has 0 radical (unpaired) electrons. The Morgan fingerprint density at radius 2 is 1.75 bits per heavy atom. The van der Waals surface area contributed by atoms with Crippen molar-refractivity contribution in [2.75, 3.05) is 5.73 Å². The first kappa shape index (κ1) is 10.9. The minimum absolute atomic E-state index is 0.670. The SMILES string of the molecule is Nc1ccc(-c2nc3c4ccccc4ncn3n2)cc1. The molecule has 0 spiro atoms. The number of nitrogen functional groups attached to an aromatic ring is 1. The van der Waals surface area contributed by atoms with Gasteiger partial charge in [-0.05, 0) is 36.4 Å². The Morgan fingerprint density at radius 3 is 2.60 bits per heavy atom.